The highest BCUT2D eigenvalue weighted by atomic mass is 16.5. The second-order valence-corrected chi connectivity index (χ2v) is 12.7. The Balaban J connectivity index is 1.58. The first kappa shape index (κ1) is 24.7. The Morgan fingerprint density at radius 2 is 1.79 bits per heavy atom. The van der Waals surface area contributed by atoms with Crippen molar-refractivity contribution in [2.24, 2.45) is 46.3 Å². The van der Waals surface area contributed by atoms with Gasteiger partial charge in [-0.05, 0) is 96.9 Å². The molecule has 0 aromatic rings. The number of Topliss-reactive ketones (excluding diaryl/α,β-unsaturated/α-hetero) is 1. The van der Waals surface area contributed by atoms with Crippen LogP contribution < -0.4 is 0 Å². The van der Waals surface area contributed by atoms with Crippen molar-refractivity contribution in [1.82, 2.24) is 0 Å². The van der Waals surface area contributed by atoms with Crippen LogP contribution in [-0.4, -0.2) is 17.9 Å². The van der Waals surface area contributed by atoms with Crippen molar-refractivity contribution in [2.75, 3.05) is 0 Å². The van der Waals surface area contributed by atoms with Crippen molar-refractivity contribution < 1.29 is 14.3 Å². The van der Waals surface area contributed by atoms with Crippen LogP contribution in [0.4, 0.5) is 0 Å². The summed E-state index contributed by atoms with van der Waals surface area (Å²) < 4.78 is 5.56. The SMILES string of the molecule is CC(=O)OC1CC[C@]2(C)C3=C(C(=O)CC2C1)[C@@H]1CC[C@H]([C@H](C)C=C[C@H](C)C(C)C)[C@@]1(C)CC3. The maximum absolute atomic E-state index is 13.6. The van der Waals surface area contributed by atoms with Crippen molar-refractivity contribution in [1.29, 1.82) is 0 Å². The summed E-state index contributed by atoms with van der Waals surface area (Å²) in [5.74, 6) is 3.47. The zero-order valence-corrected chi connectivity index (χ0v) is 22.1. The number of hydrogen-bond donors (Lipinski definition) is 0. The van der Waals surface area contributed by atoms with E-state index in [1.807, 2.05) is 0 Å². The maximum Gasteiger partial charge on any atom is 0.302 e. The summed E-state index contributed by atoms with van der Waals surface area (Å²) in [6, 6.07) is 0. The number of ether oxygens (including phenoxy) is 1. The molecule has 2 unspecified atom stereocenters. The van der Waals surface area contributed by atoms with Gasteiger partial charge in [0.1, 0.15) is 6.10 Å². The van der Waals surface area contributed by atoms with E-state index in [0.29, 0.717) is 47.7 Å². The highest BCUT2D eigenvalue weighted by Gasteiger charge is 2.58. The number of ketones is 1. The second kappa shape index (κ2) is 9.00. The quantitative estimate of drug-likeness (QED) is 0.323. The van der Waals surface area contributed by atoms with Gasteiger partial charge in [0.2, 0.25) is 0 Å². The van der Waals surface area contributed by atoms with Gasteiger partial charge in [-0.25, -0.2) is 0 Å². The molecular weight excluding hydrogens is 408 g/mol. The Bertz CT molecular complexity index is 851. The van der Waals surface area contributed by atoms with Crippen LogP contribution in [-0.2, 0) is 14.3 Å². The topological polar surface area (TPSA) is 43.4 Å². The standard InChI is InChI=1S/C30H46O3/c1-18(2)19(3)8-9-20(4)24-10-11-25-28-26(13-15-30(24,25)7)29(6)14-12-23(33-21(5)31)16-22(29)17-27(28)32/h8-9,18-20,22-25H,10-17H2,1-7H3/t19-,20+,22?,23?,24+,25-,29-,30+/m0/s1. The summed E-state index contributed by atoms with van der Waals surface area (Å²) in [7, 11) is 0. The molecule has 184 valence electrons. The summed E-state index contributed by atoms with van der Waals surface area (Å²) in [4.78, 5) is 25.1. The summed E-state index contributed by atoms with van der Waals surface area (Å²) in [5.41, 5.74) is 3.07. The Morgan fingerprint density at radius 1 is 1.06 bits per heavy atom. The van der Waals surface area contributed by atoms with E-state index in [1.54, 1.807) is 0 Å². The molecule has 8 atom stereocenters. The van der Waals surface area contributed by atoms with Gasteiger partial charge in [0, 0.05) is 13.3 Å². The summed E-state index contributed by atoms with van der Waals surface area (Å²) in [5, 5.41) is 0. The molecule has 0 heterocycles. The normalized spacial score (nSPS) is 40.4. The van der Waals surface area contributed by atoms with Crippen molar-refractivity contribution in [2.45, 2.75) is 106 Å². The van der Waals surface area contributed by atoms with E-state index in [2.05, 4.69) is 53.7 Å². The Morgan fingerprint density at radius 3 is 2.45 bits per heavy atom. The molecular formula is C30H46O3. The van der Waals surface area contributed by atoms with Crippen LogP contribution in [0.25, 0.3) is 0 Å². The average molecular weight is 455 g/mol. The third-order valence-electron chi connectivity index (χ3n) is 10.6. The lowest BCUT2D eigenvalue weighted by atomic mass is 9.50. The maximum atomic E-state index is 13.6. The van der Waals surface area contributed by atoms with Gasteiger partial charge in [-0.15, -0.1) is 0 Å². The van der Waals surface area contributed by atoms with Crippen molar-refractivity contribution >= 4 is 11.8 Å². The molecule has 0 aliphatic heterocycles. The van der Waals surface area contributed by atoms with Gasteiger partial charge >= 0.3 is 5.97 Å². The lowest BCUT2D eigenvalue weighted by Crippen LogP contribution is -2.48. The molecule has 2 saturated carbocycles. The third kappa shape index (κ3) is 4.27. The molecule has 4 rings (SSSR count). The molecule has 3 nitrogen and oxygen atoms in total. The zero-order chi connectivity index (χ0) is 24.1. The number of carbonyl (C=O) groups excluding carboxylic acids is 2. The van der Waals surface area contributed by atoms with Crippen LogP contribution in [0.1, 0.15) is 99.8 Å². The molecule has 0 N–H and O–H groups in total. The fraction of sp³-hybridized carbons (Fsp3) is 0.800. The minimum Gasteiger partial charge on any atom is -0.463 e. The van der Waals surface area contributed by atoms with Gasteiger partial charge in [-0.3, -0.25) is 9.59 Å². The van der Waals surface area contributed by atoms with Crippen molar-refractivity contribution in [3.63, 3.8) is 0 Å². The monoisotopic (exact) mass is 454 g/mol. The van der Waals surface area contributed by atoms with E-state index in [9.17, 15) is 9.59 Å². The largest absolute Gasteiger partial charge is 0.463 e. The molecule has 0 saturated heterocycles. The van der Waals surface area contributed by atoms with Crippen LogP contribution in [0.5, 0.6) is 0 Å². The molecule has 0 radical (unpaired) electrons. The Hall–Kier alpha value is -1.38. The molecule has 4 aliphatic carbocycles. The molecule has 0 spiro atoms. The number of hydrogen-bond acceptors (Lipinski definition) is 3. The first-order chi connectivity index (χ1) is 15.5. The van der Waals surface area contributed by atoms with E-state index in [4.69, 9.17) is 4.74 Å². The molecule has 0 aromatic heterocycles. The van der Waals surface area contributed by atoms with Crippen LogP contribution in [0.15, 0.2) is 23.3 Å². The first-order valence-corrected chi connectivity index (χ1v) is 13.6. The lowest BCUT2D eigenvalue weighted by molar-refractivity contribution is -0.150. The van der Waals surface area contributed by atoms with Gasteiger partial charge in [-0.2, -0.15) is 0 Å². The fourth-order valence-electron chi connectivity index (χ4n) is 8.10. The zero-order valence-electron chi connectivity index (χ0n) is 22.1. The minimum atomic E-state index is -0.193. The second-order valence-electron chi connectivity index (χ2n) is 12.7. The number of allylic oxidation sites excluding steroid dienone is 4. The minimum absolute atomic E-state index is 0.0129. The molecule has 0 amide bonds. The predicted octanol–water partition coefficient (Wildman–Crippen LogP) is 7.30. The smallest absolute Gasteiger partial charge is 0.302 e. The van der Waals surface area contributed by atoms with Gasteiger partial charge in [-0.1, -0.05) is 59.3 Å². The molecule has 33 heavy (non-hydrogen) atoms. The predicted molar refractivity (Wildman–Crippen MR) is 134 cm³/mol. The lowest BCUT2D eigenvalue weighted by Gasteiger charge is -2.54. The summed E-state index contributed by atoms with van der Waals surface area (Å²) >= 11 is 0. The number of esters is 1. The van der Waals surface area contributed by atoms with E-state index in [0.717, 1.165) is 25.7 Å². The number of rotatable bonds is 5. The fourth-order valence-corrected chi connectivity index (χ4v) is 8.10. The van der Waals surface area contributed by atoms with E-state index in [1.165, 1.54) is 37.3 Å². The molecule has 0 aromatic carbocycles. The van der Waals surface area contributed by atoms with E-state index >= 15 is 0 Å². The highest BCUT2D eigenvalue weighted by Crippen LogP contribution is 2.65. The molecule has 2 fully saturated rings. The van der Waals surface area contributed by atoms with E-state index < -0.39 is 0 Å². The Kier molecular flexibility index (Phi) is 6.75. The first-order valence-electron chi connectivity index (χ1n) is 13.6. The van der Waals surface area contributed by atoms with Crippen LogP contribution in [0, 0.1) is 46.3 Å². The van der Waals surface area contributed by atoms with Crippen LogP contribution in [0.3, 0.4) is 0 Å². The van der Waals surface area contributed by atoms with E-state index in [-0.39, 0.29) is 22.9 Å². The summed E-state index contributed by atoms with van der Waals surface area (Å²) in [6.45, 7) is 15.7. The van der Waals surface area contributed by atoms with Gasteiger partial charge in [0.05, 0.1) is 0 Å². The van der Waals surface area contributed by atoms with Crippen LogP contribution in [0.2, 0.25) is 0 Å². The molecule has 3 heteroatoms. The third-order valence-corrected chi connectivity index (χ3v) is 10.6. The number of fused-ring (bicyclic) bond motifs is 4. The van der Waals surface area contributed by atoms with Gasteiger partial charge < -0.3 is 4.74 Å². The number of carbonyl (C=O) groups is 2. The molecule has 4 aliphatic rings. The summed E-state index contributed by atoms with van der Waals surface area (Å²) in [6.07, 6.45) is 13.0. The van der Waals surface area contributed by atoms with Crippen molar-refractivity contribution in [3.05, 3.63) is 23.3 Å². The van der Waals surface area contributed by atoms with Crippen LogP contribution >= 0.6 is 0 Å². The van der Waals surface area contributed by atoms with Gasteiger partial charge in [0.25, 0.3) is 0 Å². The van der Waals surface area contributed by atoms with Gasteiger partial charge in [0.15, 0.2) is 5.78 Å². The van der Waals surface area contributed by atoms with Crippen molar-refractivity contribution in [3.8, 4) is 0 Å². The average Bonchev–Trinajstić information content (AvgIpc) is 3.09. The Labute approximate surface area is 201 Å². The molecule has 0 bridgehead atoms. The highest BCUT2D eigenvalue weighted by molar-refractivity contribution is 5.98.